The van der Waals surface area contributed by atoms with Gasteiger partial charge < -0.3 is 14.6 Å². The van der Waals surface area contributed by atoms with Gasteiger partial charge in [0.1, 0.15) is 0 Å². The van der Waals surface area contributed by atoms with Gasteiger partial charge in [-0.05, 0) is 74.8 Å². The monoisotopic (exact) mass is 397 g/mol. The molecule has 4 nitrogen and oxygen atoms in total. The first kappa shape index (κ1) is 19.2. The molecule has 1 aromatic heterocycles. The van der Waals surface area contributed by atoms with E-state index in [0.717, 1.165) is 53.6 Å². The third-order valence-corrected chi connectivity index (χ3v) is 6.23. The number of hydrogen-bond donors (Lipinski definition) is 1. The number of ether oxygens (including phenoxy) is 2. The van der Waals surface area contributed by atoms with E-state index in [1.807, 2.05) is 31.2 Å². The van der Waals surface area contributed by atoms with Crippen molar-refractivity contribution in [2.24, 2.45) is 0 Å². The maximum Gasteiger partial charge on any atom is 0.279 e. The highest BCUT2D eigenvalue weighted by Gasteiger charge is 2.20. The first-order chi connectivity index (χ1) is 13.7. The first-order valence-electron chi connectivity index (χ1n) is 10.2. The predicted octanol–water partition coefficient (Wildman–Crippen LogP) is 6.11. The summed E-state index contributed by atoms with van der Waals surface area (Å²) in [5, 5.41) is 10.5. The van der Waals surface area contributed by atoms with Crippen molar-refractivity contribution in [3.63, 3.8) is 0 Å². The summed E-state index contributed by atoms with van der Waals surface area (Å²) in [4.78, 5) is 4.58. The van der Waals surface area contributed by atoms with Crippen LogP contribution in [-0.4, -0.2) is 22.3 Å². The lowest BCUT2D eigenvalue weighted by Gasteiger charge is -2.17. The number of rotatable bonds is 8. The minimum atomic E-state index is -0.252. The molecule has 0 saturated heterocycles. The van der Waals surface area contributed by atoms with Crippen molar-refractivity contribution >= 4 is 21.6 Å². The van der Waals surface area contributed by atoms with Gasteiger partial charge in [-0.1, -0.05) is 36.5 Å². The normalized spacial score (nSPS) is 15.8. The van der Waals surface area contributed by atoms with Gasteiger partial charge in [0, 0.05) is 0 Å². The second-order valence-electron chi connectivity index (χ2n) is 7.46. The molecule has 1 atom stereocenters. The minimum absolute atomic E-state index is 0.252. The van der Waals surface area contributed by atoms with Crippen LogP contribution in [0.2, 0.25) is 0 Å². The molecule has 1 unspecified atom stereocenters. The maximum atomic E-state index is 9.87. The Labute approximate surface area is 170 Å². The largest absolute Gasteiger partial charge is 0.487 e. The highest BCUT2D eigenvalue weighted by atomic mass is 32.1. The van der Waals surface area contributed by atoms with Crippen LogP contribution in [0.15, 0.2) is 42.5 Å². The molecule has 0 bridgehead atoms. The molecular weight excluding hydrogens is 370 g/mol. The zero-order valence-corrected chi connectivity index (χ0v) is 17.1. The van der Waals surface area contributed by atoms with Crippen molar-refractivity contribution < 1.29 is 14.6 Å². The smallest absolute Gasteiger partial charge is 0.279 e. The molecule has 0 radical (unpaired) electrons. The lowest BCUT2D eigenvalue weighted by atomic mass is 10.0. The molecule has 4 rings (SSSR count). The highest BCUT2D eigenvalue weighted by molar-refractivity contribution is 7.20. The van der Waals surface area contributed by atoms with E-state index in [9.17, 15) is 5.11 Å². The average Bonchev–Trinajstić information content (AvgIpc) is 3.36. The summed E-state index contributed by atoms with van der Waals surface area (Å²) in [6.07, 6.45) is 7.02. The Balaban J connectivity index is 1.56. The van der Waals surface area contributed by atoms with Crippen LogP contribution in [0.5, 0.6) is 16.7 Å². The van der Waals surface area contributed by atoms with Crippen LogP contribution >= 0.6 is 11.3 Å². The van der Waals surface area contributed by atoms with Crippen molar-refractivity contribution in [2.75, 3.05) is 0 Å². The highest BCUT2D eigenvalue weighted by Crippen LogP contribution is 2.38. The lowest BCUT2D eigenvalue weighted by Crippen LogP contribution is -2.12. The van der Waals surface area contributed by atoms with Crippen LogP contribution in [0.1, 0.15) is 51.0 Å². The van der Waals surface area contributed by atoms with Gasteiger partial charge in [-0.15, -0.1) is 0 Å². The number of fused-ring (bicyclic) bond motifs is 1. The van der Waals surface area contributed by atoms with Crippen LogP contribution < -0.4 is 9.47 Å². The summed E-state index contributed by atoms with van der Waals surface area (Å²) >= 11 is 1.54. The number of aryl methyl sites for hydroxylation is 1. The molecule has 5 heteroatoms. The van der Waals surface area contributed by atoms with E-state index in [1.54, 1.807) is 11.3 Å². The third kappa shape index (κ3) is 4.65. The summed E-state index contributed by atoms with van der Waals surface area (Å²) < 4.78 is 13.6. The Bertz CT molecular complexity index is 884. The molecule has 1 aliphatic rings. The first-order valence-corrected chi connectivity index (χ1v) is 11.0. The minimum Gasteiger partial charge on any atom is -0.487 e. The SMILES string of the molecule is CCC(O)CCc1ccc(Oc2nc3ccccc3s2)c(OC2CCCC2)c1. The summed E-state index contributed by atoms with van der Waals surface area (Å²) in [6, 6.07) is 14.2. The quantitative estimate of drug-likeness (QED) is 0.498. The van der Waals surface area contributed by atoms with Crippen LogP contribution in [0.25, 0.3) is 10.2 Å². The average molecular weight is 398 g/mol. The molecule has 1 aliphatic carbocycles. The Hall–Kier alpha value is -2.11. The van der Waals surface area contributed by atoms with E-state index in [2.05, 4.69) is 23.2 Å². The Morgan fingerprint density at radius 1 is 1.14 bits per heavy atom. The van der Waals surface area contributed by atoms with E-state index >= 15 is 0 Å². The molecule has 1 saturated carbocycles. The number of para-hydroxylation sites is 1. The van der Waals surface area contributed by atoms with Crippen molar-refractivity contribution in [1.82, 2.24) is 4.98 Å². The molecule has 0 amide bonds. The van der Waals surface area contributed by atoms with Gasteiger partial charge >= 0.3 is 0 Å². The zero-order valence-electron chi connectivity index (χ0n) is 16.3. The second kappa shape index (κ2) is 8.93. The van der Waals surface area contributed by atoms with Gasteiger partial charge in [0.15, 0.2) is 11.5 Å². The number of thiazole rings is 1. The topological polar surface area (TPSA) is 51.6 Å². The van der Waals surface area contributed by atoms with Gasteiger partial charge in [-0.2, -0.15) is 0 Å². The molecule has 148 valence electrons. The molecule has 1 fully saturated rings. The number of nitrogens with zero attached hydrogens (tertiary/aromatic N) is 1. The zero-order chi connectivity index (χ0) is 19.3. The maximum absolute atomic E-state index is 9.87. The summed E-state index contributed by atoms with van der Waals surface area (Å²) in [5.41, 5.74) is 2.11. The lowest BCUT2D eigenvalue weighted by molar-refractivity contribution is 0.160. The molecular formula is C23H27NO3S. The molecule has 0 spiro atoms. The fraction of sp³-hybridized carbons (Fsp3) is 0.435. The van der Waals surface area contributed by atoms with Crippen LogP contribution in [0.3, 0.4) is 0 Å². The third-order valence-electron chi connectivity index (χ3n) is 5.31. The fourth-order valence-corrected chi connectivity index (χ4v) is 4.42. The number of hydrogen-bond acceptors (Lipinski definition) is 5. The van der Waals surface area contributed by atoms with E-state index in [0.29, 0.717) is 10.9 Å². The Morgan fingerprint density at radius 3 is 2.75 bits per heavy atom. The second-order valence-corrected chi connectivity index (χ2v) is 8.45. The van der Waals surface area contributed by atoms with Gasteiger partial charge in [0.05, 0.1) is 22.4 Å². The number of aromatic nitrogens is 1. The molecule has 0 aliphatic heterocycles. The van der Waals surface area contributed by atoms with Crippen LogP contribution in [0.4, 0.5) is 0 Å². The van der Waals surface area contributed by atoms with Gasteiger partial charge in [-0.3, -0.25) is 0 Å². The van der Waals surface area contributed by atoms with E-state index < -0.39 is 0 Å². The predicted molar refractivity (Wildman–Crippen MR) is 114 cm³/mol. The van der Waals surface area contributed by atoms with Gasteiger partial charge in [0.25, 0.3) is 5.19 Å². The van der Waals surface area contributed by atoms with E-state index in [-0.39, 0.29) is 12.2 Å². The van der Waals surface area contributed by atoms with Crippen LogP contribution in [0, 0.1) is 0 Å². The molecule has 3 aromatic rings. The van der Waals surface area contributed by atoms with Gasteiger partial charge in [0.2, 0.25) is 0 Å². The molecule has 1 N–H and O–H groups in total. The Kier molecular flexibility index (Phi) is 6.13. The number of benzene rings is 2. The van der Waals surface area contributed by atoms with Crippen molar-refractivity contribution in [1.29, 1.82) is 0 Å². The van der Waals surface area contributed by atoms with Crippen molar-refractivity contribution in [3.8, 4) is 16.7 Å². The molecule has 1 heterocycles. The van der Waals surface area contributed by atoms with E-state index in [1.165, 1.54) is 12.8 Å². The summed E-state index contributed by atoms with van der Waals surface area (Å²) in [7, 11) is 0. The Morgan fingerprint density at radius 2 is 1.96 bits per heavy atom. The summed E-state index contributed by atoms with van der Waals surface area (Å²) in [5.74, 6) is 1.50. The fourth-order valence-electron chi connectivity index (χ4n) is 3.60. The van der Waals surface area contributed by atoms with Crippen LogP contribution in [-0.2, 0) is 6.42 Å². The standard InChI is InChI=1S/C23H27NO3S/c1-2-17(25)13-11-16-12-14-20(21(15-16)26-18-7-3-4-8-18)27-23-24-19-9-5-6-10-22(19)28-23/h5-6,9-10,12,14-15,17-18,25H,2-4,7-8,11,13H2,1H3. The number of aliphatic hydroxyl groups is 1. The summed E-state index contributed by atoms with van der Waals surface area (Å²) in [6.45, 7) is 2.01. The van der Waals surface area contributed by atoms with Gasteiger partial charge in [-0.25, -0.2) is 4.98 Å². The molecule has 2 aromatic carbocycles. The van der Waals surface area contributed by atoms with Crippen molar-refractivity contribution in [2.45, 2.75) is 64.1 Å². The molecule has 28 heavy (non-hydrogen) atoms. The van der Waals surface area contributed by atoms with Crippen molar-refractivity contribution in [3.05, 3.63) is 48.0 Å². The number of aliphatic hydroxyl groups excluding tert-OH is 1. The van der Waals surface area contributed by atoms with E-state index in [4.69, 9.17) is 9.47 Å².